The Morgan fingerprint density at radius 3 is 1.58 bits per heavy atom. The van der Waals surface area contributed by atoms with E-state index in [-0.39, 0.29) is 34.8 Å². The molecule has 0 aliphatic rings. The molecule has 12 heteroatoms. The highest BCUT2D eigenvalue weighted by atomic mass is 35.5. The maximum atomic E-state index is 13.5. The minimum atomic E-state index is -4.72. The van der Waals surface area contributed by atoms with Crippen molar-refractivity contribution in [2.45, 2.75) is 16.7 Å². The number of hydrogen-bond acceptors (Lipinski definition) is 6. The first-order valence-electron chi connectivity index (χ1n) is 8.51. The van der Waals surface area contributed by atoms with Gasteiger partial charge in [-0.25, -0.2) is 16.8 Å². The quantitative estimate of drug-likeness (QED) is 0.354. The van der Waals surface area contributed by atoms with Gasteiger partial charge in [0.15, 0.2) is 0 Å². The van der Waals surface area contributed by atoms with Crippen molar-refractivity contribution in [1.82, 2.24) is 0 Å². The molecule has 0 aliphatic carbocycles. The molecule has 0 atom stereocenters. The zero-order chi connectivity index (χ0) is 23.0. The number of nitro benzene ring substituents is 1. The largest absolute Gasteiger partial charge is 0.277 e. The summed E-state index contributed by atoms with van der Waals surface area (Å²) in [5.41, 5.74) is -0.650. The molecular formula is C19H14Cl2N2O6S2. The zero-order valence-corrected chi connectivity index (χ0v) is 18.9. The van der Waals surface area contributed by atoms with E-state index in [2.05, 4.69) is 0 Å². The Bertz CT molecular complexity index is 1280. The summed E-state index contributed by atoms with van der Waals surface area (Å²) in [7, 11) is -9.44. The third kappa shape index (κ3) is 4.52. The first-order chi connectivity index (χ1) is 14.4. The normalized spacial score (nSPS) is 11.8. The minimum absolute atomic E-state index is 0.189. The van der Waals surface area contributed by atoms with E-state index >= 15 is 0 Å². The van der Waals surface area contributed by atoms with Gasteiger partial charge in [-0.05, 0) is 61.0 Å². The van der Waals surface area contributed by atoms with Gasteiger partial charge in [0.2, 0.25) is 0 Å². The van der Waals surface area contributed by atoms with Gasteiger partial charge >= 0.3 is 0 Å². The van der Waals surface area contributed by atoms with E-state index in [9.17, 15) is 26.9 Å². The molecule has 0 N–H and O–H groups in total. The summed E-state index contributed by atoms with van der Waals surface area (Å²) < 4.78 is 54.1. The summed E-state index contributed by atoms with van der Waals surface area (Å²) in [5.74, 6) is 0. The summed E-state index contributed by atoms with van der Waals surface area (Å²) in [6.45, 7) is 1.45. The van der Waals surface area contributed by atoms with Crippen LogP contribution in [0.2, 0.25) is 10.0 Å². The molecule has 3 aromatic carbocycles. The number of sulfonamides is 2. The van der Waals surface area contributed by atoms with Gasteiger partial charge in [0.25, 0.3) is 25.7 Å². The minimum Gasteiger partial charge on any atom is -0.258 e. The molecule has 0 spiro atoms. The third-order valence-electron chi connectivity index (χ3n) is 4.26. The molecule has 0 aliphatic heterocycles. The van der Waals surface area contributed by atoms with Crippen LogP contribution in [-0.2, 0) is 20.0 Å². The van der Waals surface area contributed by atoms with Crippen LogP contribution in [-0.4, -0.2) is 21.8 Å². The van der Waals surface area contributed by atoms with Crippen molar-refractivity contribution in [3.8, 4) is 0 Å². The van der Waals surface area contributed by atoms with Crippen LogP contribution in [0.25, 0.3) is 0 Å². The molecule has 0 fully saturated rings. The fourth-order valence-corrected chi connectivity index (χ4v) is 6.76. The summed E-state index contributed by atoms with van der Waals surface area (Å²) in [6.07, 6.45) is 0. The van der Waals surface area contributed by atoms with Crippen molar-refractivity contribution in [3.05, 3.63) is 92.5 Å². The summed E-state index contributed by atoms with van der Waals surface area (Å²) in [4.78, 5) is 9.79. The Labute approximate surface area is 188 Å². The van der Waals surface area contributed by atoms with E-state index < -0.39 is 30.7 Å². The maximum Gasteiger partial charge on any atom is 0.277 e. The lowest BCUT2D eigenvalue weighted by Crippen LogP contribution is -2.37. The number of rotatable bonds is 6. The predicted octanol–water partition coefficient (Wildman–Crippen LogP) is 4.79. The van der Waals surface area contributed by atoms with Gasteiger partial charge in [-0.3, -0.25) is 10.1 Å². The van der Waals surface area contributed by atoms with Gasteiger partial charge in [-0.15, -0.1) is 0 Å². The summed E-state index contributed by atoms with van der Waals surface area (Å²) >= 11 is 11.7. The molecule has 0 saturated heterocycles. The summed E-state index contributed by atoms with van der Waals surface area (Å²) in [5, 5.41) is 11.8. The predicted molar refractivity (Wildman–Crippen MR) is 118 cm³/mol. The van der Waals surface area contributed by atoms with Crippen LogP contribution in [0, 0.1) is 17.0 Å². The van der Waals surface area contributed by atoms with Crippen LogP contribution in [0.1, 0.15) is 5.56 Å². The van der Waals surface area contributed by atoms with Crippen LogP contribution in [0.4, 0.5) is 11.4 Å². The second-order valence-corrected chi connectivity index (χ2v) is 11.0. The number of non-ortho nitro benzene ring substituents is 1. The molecule has 0 saturated carbocycles. The highest BCUT2D eigenvalue weighted by Gasteiger charge is 2.38. The fourth-order valence-electron chi connectivity index (χ4n) is 2.70. The number of halogens is 2. The highest BCUT2D eigenvalue weighted by molar-refractivity contribution is 8.10. The Morgan fingerprint density at radius 1 is 0.774 bits per heavy atom. The Morgan fingerprint density at radius 2 is 1.19 bits per heavy atom. The second kappa shape index (κ2) is 8.46. The smallest absolute Gasteiger partial charge is 0.258 e. The van der Waals surface area contributed by atoms with E-state index in [1.165, 1.54) is 37.3 Å². The maximum absolute atomic E-state index is 13.5. The van der Waals surface area contributed by atoms with Gasteiger partial charge in [0.05, 0.1) is 20.4 Å². The van der Waals surface area contributed by atoms with Crippen LogP contribution in [0.15, 0.2) is 76.5 Å². The molecule has 3 aromatic rings. The van der Waals surface area contributed by atoms with Crippen LogP contribution >= 0.6 is 23.2 Å². The van der Waals surface area contributed by atoms with Gasteiger partial charge in [0, 0.05) is 22.2 Å². The lowest BCUT2D eigenvalue weighted by molar-refractivity contribution is -0.384. The van der Waals surface area contributed by atoms with E-state index in [0.717, 1.165) is 36.4 Å². The van der Waals surface area contributed by atoms with Crippen molar-refractivity contribution >= 4 is 54.6 Å². The SMILES string of the molecule is Cc1ccc([N+](=O)[O-])cc1N(S(=O)(=O)c1ccc(Cl)cc1)S(=O)(=O)c1ccc(Cl)cc1. The van der Waals surface area contributed by atoms with Crippen LogP contribution < -0.4 is 3.71 Å². The molecule has 0 heterocycles. The monoisotopic (exact) mass is 500 g/mol. The molecule has 8 nitrogen and oxygen atoms in total. The lowest BCUT2D eigenvalue weighted by atomic mass is 10.2. The van der Waals surface area contributed by atoms with Crippen molar-refractivity contribution in [2.75, 3.05) is 3.71 Å². The number of hydrogen-bond donors (Lipinski definition) is 0. The number of benzene rings is 3. The molecule has 31 heavy (non-hydrogen) atoms. The molecule has 3 rings (SSSR count). The first kappa shape index (κ1) is 23.0. The first-order valence-corrected chi connectivity index (χ1v) is 12.1. The lowest BCUT2D eigenvalue weighted by Gasteiger charge is -2.25. The van der Waals surface area contributed by atoms with Gasteiger partial charge in [0.1, 0.15) is 0 Å². The number of aryl methyl sites for hydroxylation is 1. The van der Waals surface area contributed by atoms with Gasteiger partial charge in [-0.1, -0.05) is 29.3 Å². The molecular weight excluding hydrogens is 487 g/mol. The topological polar surface area (TPSA) is 115 Å². The van der Waals surface area contributed by atoms with Crippen LogP contribution in [0.3, 0.4) is 0 Å². The third-order valence-corrected chi connectivity index (χ3v) is 8.94. The van der Waals surface area contributed by atoms with E-state index in [1.54, 1.807) is 0 Å². The van der Waals surface area contributed by atoms with Crippen molar-refractivity contribution in [2.24, 2.45) is 0 Å². The number of nitrogens with zero attached hydrogens (tertiary/aromatic N) is 2. The molecule has 0 radical (unpaired) electrons. The van der Waals surface area contributed by atoms with Crippen molar-refractivity contribution in [1.29, 1.82) is 0 Å². The average Bonchev–Trinajstić information content (AvgIpc) is 2.69. The molecule has 0 bridgehead atoms. The fraction of sp³-hybridized carbons (Fsp3) is 0.0526. The molecule has 0 unspecified atom stereocenters. The second-order valence-electron chi connectivity index (χ2n) is 6.34. The Hall–Kier alpha value is -2.66. The zero-order valence-electron chi connectivity index (χ0n) is 15.8. The number of anilines is 1. The van der Waals surface area contributed by atoms with Crippen molar-refractivity contribution in [3.63, 3.8) is 0 Å². The standard InChI is InChI=1S/C19H14Cl2N2O6S2/c1-13-2-7-16(22(24)25)12-19(13)23(30(26,27)17-8-3-14(20)4-9-17)31(28,29)18-10-5-15(21)6-11-18/h2-12H,1H3. The molecule has 0 aromatic heterocycles. The van der Waals surface area contributed by atoms with E-state index in [0.29, 0.717) is 0 Å². The van der Waals surface area contributed by atoms with Crippen LogP contribution in [0.5, 0.6) is 0 Å². The molecule has 0 amide bonds. The van der Waals surface area contributed by atoms with Gasteiger partial charge in [-0.2, -0.15) is 3.71 Å². The summed E-state index contributed by atoms with van der Waals surface area (Å²) in [6, 6.07) is 13.1. The Kier molecular flexibility index (Phi) is 6.28. The van der Waals surface area contributed by atoms with E-state index in [1.807, 2.05) is 0 Å². The molecule has 162 valence electrons. The average molecular weight is 501 g/mol. The van der Waals surface area contributed by atoms with Gasteiger partial charge < -0.3 is 0 Å². The Balaban J connectivity index is 2.34. The number of nitro groups is 1. The highest BCUT2D eigenvalue weighted by Crippen LogP contribution is 2.35. The van der Waals surface area contributed by atoms with Crippen molar-refractivity contribution < 1.29 is 21.8 Å². The van der Waals surface area contributed by atoms with E-state index in [4.69, 9.17) is 23.2 Å².